The number of imidazole rings is 1. The second-order valence-electron chi connectivity index (χ2n) is 3.44. The molecular formula is C11H12BrN3. The fraction of sp³-hybridized carbons (Fsp3) is 0.182. The number of rotatable bonds is 2. The van der Waals surface area contributed by atoms with Crippen LogP contribution in [0.3, 0.4) is 0 Å². The minimum Gasteiger partial charge on any atom is -0.369 e. The van der Waals surface area contributed by atoms with Gasteiger partial charge in [0.1, 0.15) is 0 Å². The Hall–Kier alpha value is -1.29. The molecule has 0 aliphatic heterocycles. The molecule has 1 aromatic carbocycles. The predicted molar refractivity (Wildman–Crippen MR) is 64.6 cm³/mol. The molecule has 0 radical (unpaired) electrons. The molecule has 0 aliphatic carbocycles. The predicted octanol–water partition coefficient (Wildman–Crippen LogP) is 2.58. The molecule has 2 N–H and O–H groups in total. The number of nitrogens with two attached hydrogens (primary N) is 1. The first-order valence-corrected chi connectivity index (χ1v) is 5.48. The number of benzene rings is 1. The standard InChI is InChI=1S/C11H12BrN3/c1-8-9(3-2-4-10(8)12)7-15-6-5-14-11(15)13/h2-6H,7H2,1H3,(H2,13,14). The summed E-state index contributed by atoms with van der Waals surface area (Å²) in [7, 11) is 0. The van der Waals surface area contributed by atoms with Gasteiger partial charge in [-0.15, -0.1) is 0 Å². The molecule has 3 nitrogen and oxygen atoms in total. The van der Waals surface area contributed by atoms with Gasteiger partial charge in [0, 0.05) is 16.9 Å². The van der Waals surface area contributed by atoms with E-state index in [4.69, 9.17) is 5.73 Å². The highest BCUT2D eigenvalue weighted by Gasteiger charge is 2.04. The number of hydrogen-bond acceptors (Lipinski definition) is 2. The number of anilines is 1. The van der Waals surface area contributed by atoms with Crippen LogP contribution in [0, 0.1) is 6.92 Å². The summed E-state index contributed by atoms with van der Waals surface area (Å²) in [6.45, 7) is 2.85. The number of aromatic nitrogens is 2. The largest absolute Gasteiger partial charge is 0.369 e. The summed E-state index contributed by atoms with van der Waals surface area (Å²) in [6, 6.07) is 6.16. The van der Waals surface area contributed by atoms with E-state index in [2.05, 4.69) is 33.9 Å². The van der Waals surface area contributed by atoms with Crippen LogP contribution in [0.5, 0.6) is 0 Å². The highest BCUT2D eigenvalue weighted by atomic mass is 79.9. The second-order valence-corrected chi connectivity index (χ2v) is 4.29. The fourth-order valence-electron chi connectivity index (χ4n) is 1.48. The summed E-state index contributed by atoms with van der Waals surface area (Å²) in [5, 5.41) is 0. The Morgan fingerprint density at radius 2 is 2.27 bits per heavy atom. The Morgan fingerprint density at radius 3 is 2.93 bits per heavy atom. The molecule has 0 atom stereocenters. The van der Waals surface area contributed by atoms with E-state index in [0.717, 1.165) is 11.0 Å². The lowest BCUT2D eigenvalue weighted by Gasteiger charge is -2.09. The van der Waals surface area contributed by atoms with Crippen molar-refractivity contribution in [3.63, 3.8) is 0 Å². The van der Waals surface area contributed by atoms with Crippen LogP contribution in [-0.4, -0.2) is 9.55 Å². The van der Waals surface area contributed by atoms with Crippen molar-refractivity contribution in [2.24, 2.45) is 0 Å². The molecule has 0 aliphatic rings. The molecule has 1 aromatic heterocycles. The third-order valence-corrected chi connectivity index (χ3v) is 3.33. The molecule has 0 fully saturated rings. The van der Waals surface area contributed by atoms with E-state index in [1.807, 2.05) is 22.9 Å². The topological polar surface area (TPSA) is 43.8 Å². The van der Waals surface area contributed by atoms with E-state index < -0.39 is 0 Å². The van der Waals surface area contributed by atoms with Gasteiger partial charge in [-0.3, -0.25) is 0 Å². The molecule has 0 bridgehead atoms. The van der Waals surface area contributed by atoms with Crippen LogP contribution in [0.25, 0.3) is 0 Å². The fourth-order valence-corrected chi connectivity index (χ4v) is 1.89. The molecule has 78 valence electrons. The van der Waals surface area contributed by atoms with Crippen molar-refractivity contribution in [2.45, 2.75) is 13.5 Å². The quantitative estimate of drug-likeness (QED) is 0.907. The third kappa shape index (κ3) is 2.04. The van der Waals surface area contributed by atoms with Crippen molar-refractivity contribution < 1.29 is 0 Å². The van der Waals surface area contributed by atoms with Gasteiger partial charge in [-0.05, 0) is 24.1 Å². The Kier molecular flexibility index (Phi) is 2.77. The van der Waals surface area contributed by atoms with E-state index in [1.54, 1.807) is 6.20 Å². The molecule has 0 saturated heterocycles. The van der Waals surface area contributed by atoms with Crippen LogP contribution in [-0.2, 0) is 6.54 Å². The summed E-state index contributed by atoms with van der Waals surface area (Å²) in [5.74, 6) is 0.550. The van der Waals surface area contributed by atoms with Crippen LogP contribution < -0.4 is 5.73 Å². The van der Waals surface area contributed by atoms with Crippen molar-refractivity contribution in [3.8, 4) is 0 Å². The van der Waals surface area contributed by atoms with Gasteiger partial charge in [-0.1, -0.05) is 28.1 Å². The number of hydrogen-bond donors (Lipinski definition) is 1. The maximum atomic E-state index is 5.72. The maximum Gasteiger partial charge on any atom is 0.200 e. The lowest BCUT2D eigenvalue weighted by atomic mass is 10.1. The summed E-state index contributed by atoms with van der Waals surface area (Å²) in [6.07, 6.45) is 3.60. The summed E-state index contributed by atoms with van der Waals surface area (Å²) < 4.78 is 3.05. The van der Waals surface area contributed by atoms with E-state index in [0.29, 0.717) is 5.95 Å². The van der Waals surface area contributed by atoms with Crippen LogP contribution in [0.15, 0.2) is 35.1 Å². The van der Waals surface area contributed by atoms with Crippen LogP contribution in [0.1, 0.15) is 11.1 Å². The average Bonchev–Trinajstić information content (AvgIpc) is 2.60. The molecule has 0 spiro atoms. The van der Waals surface area contributed by atoms with E-state index in [9.17, 15) is 0 Å². The molecular weight excluding hydrogens is 254 g/mol. The van der Waals surface area contributed by atoms with Gasteiger partial charge in [-0.25, -0.2) is 4.98 Å². The molecule has 0 saturated carbocycles. The van der Waals surface area contributed by atoms with Crippen molar-refractivity contribution >= 4 is 21.9 Å². The zero-order chi connectivity index (χ0) is 10.8. The minimum atomic E-state index is 0.550. The van der Waals surface area contributed by atoms with Gasteiger partial charge < -0.3 is 10.3 Å². The molecule has 15 heavy (non-hydrogen) atoms. The molecule has 0 unspecified atom stereocenters. The minimum absolute atomic E-state index is 0.550. The molecule has 0 amide bonds. The monoisotopic (exact) mass is 265 g/mol. The van der Waals surface area contributed by atoms with Gasteiger partial charge in [0.25, 0.3) is 0 Å². The van der Waals surface area contributed by atoms with Gasteiger partial charge >= 0.3 is 0 Å². The van der Waals surface area contributed by atoms with E-state index >= 15 is 0 Å². The molecule has 1 heterocycles. The highest BCUT2D eigenvalue weighted by Crippen LogP contribution is 2.20. The van der Waals surface area contributed by atoms with Crippen LogP contribution in [0.4, 0.5) is 5.95 Å². The van der Waals surface area contributed by atoms with Gasteiger partial charge in [0.15, 0.2) is 5.95 Å². The zero-order valence-corrected chi connectivity index (χ0v) is 10.0. The van der Waals surface area contributed by atoms with Gasteiger partial charge in [0.05, 0.1) is 6.54 Å². The SMILES string of the molecule is Cc1c(Br)cccc1Cn1ccnc1N. The van der Waals surface area contributed by atoms with Gasteiger partial charge in [0.2, 0.25) is 0 Å². The first-order chi connectivity index (χ1) is 7.18. The first kappa shape index (κ1) is 10.2. The molecule has 4 heteroatoms. The third-order valence-electron chi connectivity index (χ3n) is 2.47. The Labute approximate surface area is 97.1 Å². The Morgan fingerprint density at radius 1 is 1.47 bits per heavy atom. The maximum absolute atomic E-state index is 5.72. The number of halogens is 1. The zero-order valence-electron chi connectivity index (χ0n) is 8.44. The van der Waals surface area contributed by atoms with Crippen molar-refractivity contribution in [2.75, 3.05) is 5.73 Å². The molecule has 2 rings (SSSR count). The first-order valence-electron chi connectivity index (χ1n) is 4.69. The smallest absolute Gasteiger partial charge is 0.200 e. The lowest BCUT2D eigenvalue weighted by Crippen LogP contribution is -2.04. The summed E-state index contributed by atoms with van der Waals surface area (Å²) >= 11 is 3.51. The second kappa shape index (κ2) is 4.06. The number of nitrogens with zero attached hydrogens (tertiary/aromatic N) is 2. The Balaban J connectivity index is 2.33. The number of nitrogen functional groups attached to an aromatic ring is 1. The normalized spacial score (nSPS) is 10.5. The lowest BCUT2D eigenvalue weighted by molar-refractivity contribution is 0.804. The van der Waals surface area contributed by atoms with E-state index in [1.165, 1.54) is 11.1 Å². The summed E-state index contributed by atoms with van der Waals surface area (Å²) in [5.41, 5.74) is 8.20. The van der Waals surface area contributed by atoms with Crippen molar-refractivity contribution in [3.05, 3.63) is 46.2 Å². The highest BCUT2D eigenvalue weighted by molar-refractivity contribution is 9.10. The average molecular weight is 266 g/mol. The van der Waals surface area contributed by atoms with Crippen molar-refractivity contribution in [1.82, 2.24) is 9.55 Å². The Bertz CT molecular complexity index is 476. The van der Waals surface area contributed by atoms with Crippen molar-refractivity contribution in [1.29, 1.82) is 0 Å². The summed E-state index contributed by atoms with van der Waals surface area (Å²) in [4.78, 5) is 3.99. The van der Waals surface area contributed by atoms with E-state index in [-0.39, 0.29) is 0 Å². The van der Waals surface area contributed by atoms with Gasteiger partial charge in [-0.2, -0.15) is 0 Å². The molecule has 2 aromatic rings. The van der Waals surface area contributed by atoms with Crippen LogP contribution >= 0.6 is 15.9 Å². The van der Waals surface area contributed by atoms with Crippen LogP contribution in [0.2, 0.25) is 0 Å².